The van der Waals surface area contributed by atoms with Crippen molar-refractivity contribution in [2.24, 2.45) is 5.73 Å². The van der Waals surface area contributed by atoms with E-state index in [9.17, 15) is 4.79 Å². The summed E-state index contributed by atoms with van der Waals surface area (Å²) in [6.07, 6.45) is 0.643. The number of nitrogens with two attached hydrogens (primary N) is 1. The van der Waals surface area contributed by atoms with E-state index in [0.29, 0.717) is 13.0 Å². The van der Waals surface area contributed by atoms with Gasteiger partial charge in [0.2, 0.25) is 5.91 Å². The van der Waals surface area contributed by atoms with Gasteiger partial charge >= 0.3 is 0 Å². The molecule has 0 spiro atoms. The lowest BCUT2D eigenvalue weighted by Crippen LogP contribution is -2.51. The van der Waals surface area contributed by atoms with Crippen molar-refractivity contribution in [1.29, 1.82) is 0 Å². The molecule has 0 radical (unpaired) electrons. The number of aryl methyl sites for hydroxylation is 1. The Morgan fingerprint density at radius 1 is 1.35 bits per heavy atom. The largest absolute Gasteiger partial charge is 0.340 e. The van der Waals surface area contributed by atoms with Crippen molar-refractivity contribution >= 4 is 5.91 Å². The quantitative estimate of drug-likeness (QED) is 0.867. The highest BCUT2D eigenvalue weighted by Crippen LogP contribution is 2.12. The van der Waals surface area contributed by atoms with Crippen LogP contribution in [0.3, 0.4) is 0 Å². The van der Waals surface area contributed by atoms with Gasteiger partial charge in [-0.25, -0.2) is 0 Å². The molecule has 0 heterocycles. The van der Waals surface area contributed by atoms with Gasteiger partial charge in [-0.05, 0) is 25.8 Å². The average molecular weight is 234 g/mol. The standard InChI is InChI=1S/C14H22N2O/c1-5-14(3,15)13(17)16(4)10-12-8-6-11(2)7-9-12/h6-9H,5,10,15H2,1-4H3. The molecule has 3 heteroatoms. The van der Waals surface area contributed by atoms with Crippen LogP contribution in [0, 0.1) is 6.92 Å². The van der Waals surface area contributed by atoms with Crippen LogP contribution in [0.15, 0.2) is 24.3 Å². The van der Waals surface area contributed by atoms with Crippen LogP contribution in [-0.2, 0) is 11.3 Å². The summed E-state index contributed by atoms with van der Waals surface area (Å²) in [7, 11) is 1.79. The van der Waals surface area contributed by atoms with Crippen molar-refractivity contribution in [2.45, 2.75) is 39.3 Å². The second-order valence-corrected chi connectivity index (χ2v) is 4.92. The minimum absolute atomic E-state index is 0.0134. The highest BCUT2D eigenvalue weighted by Gasteiger charge is 2.28. The molecule has 1 atom stereocenters. The van der Waals surface area contributed by atoms with E-state index in [0.717, 1.165) is 5.56 Å². The third-order valence-corrected chi connectivity index (χ3v) is 3.11. The van der Waals surface area contributed by atoms with Gasteiger partial charge < -0.3 is 10.6 Å². The summed E-state index contributed by atoms with van der Waals surface area (Å²) in [6, 6.07) is 8.18. The molecule has 1 aromatic carbocycles. The first kappa shape index (κ1) is 13.7. The van der Waals surface area contributed by atoms with Crippen molar-refractivity contribution in [2.75, 3.05) is 7.05 Å². The van der Waals surface area contributed by atoms with E-state index in [2.05, 4.69) is 12.1 Å². The van der Waals surface area contributed by atoms with E-state index < -0.39 is 5.54 Å². The Labute approximate surface area is 104 Å². The third kappa shape index (κ3) is 3.56. The molecule has 0 aliphatic carbocycles. The normalized spacial score (nSPS) is 14.2. The van der Waals surface area contributed by atoms with Crippen molar-refractivity contribution < 1.29 is 4.79 Å². The number of likely N-dealkylation sites (N-methyl/N-ethyl adjacent to an activating group) is 1. The number of amides is 1. The number of rotatable bonds is 4. The molecule has 0 saturated carbocycles. The van der Waals surface area contributed by atoms with E-state index in [1.165, 1.54) is 5.56 Å². The second-order valence-electron chi connectivity index (χ2n) is 4.92. The van der Waals surface area contributed by atoms with E-state index >= 15 is 0 Å². The number of carbonyl (C=O) groups is 1. The fraction of sp³-hybridized carbons (Fsp3) is 0.500. The van der Waals surface area contributed by atoms with Crippen molar-refractivity contribution in [3.05, 3.63) is 35.4 Å². The predicted octanol–water partition coefficient (Wildman–Crippen LogP) is 2.08. The van der Waals surface area contributed by atoms with Crippen LogP contribution in [0.4, 0.5) is 0 Å². The van der Waals surface area contributed by atoms with Crippen LogP contribution in [0.25, 0.3) is 0 Å². The molecular weight excluding hydrogens is 212 g/mol. The topological polar surface area (TPSA) is 46.3 Å². The monoisotopic (exact) mass is 234 g/mol. The van der Waals surface area contributed by atoms with E-state index in [1.807, 2.05) is 26.0 Å². The fourth-order valence-corrected chi connectivity index (χ4v) is 1.63. The molecule has 94 valence electrons. The zero-order chi connectivity index (χ0) is 13.1. The summed E-state index contributed by atoms with van der Waals surface area (Å²) in [4.78, 5) is 13.8. The molecule has 3 nitrogen and oxygen atoms in total. The number of carbonyl (C=O) groups excluding carboxylic acids is 1. The highest BCUT2D eigenvalue weighted by molar-refractivity contribution is 5.85. The van der Waals surface area contributed by atoms with Crippen LogP contribution in [0.5, 0.6) is 0 Å². The summed E-state index contributed by atoms with van der Waals surface area (Å²) in [5.74, 6) is -0.0134. The van der Waals surface area contributed by atoms with E-state index in [4.69, 9.17) is 5.73 Å². The zero-order valence-corrected chi connectivity index (χ0v) is 11.2. The highest BCUT2D eigenvalue weighted by atomic mass is 16.2. The fourth-order valence-electron chi connectivity index (χ4n) is 1.63. The summed E-state index contributed by atoms with van der Waals surface area (Å²) >= 11 is 0. The number of nitrogens with zero attached hydrogens (tertiary/aromatic N) is 1. The first-order valence-electron chi connectivity index (χ1n) is 5.97. The lowest BCUT2D eigenvalue weighted by molar-refractivity contribution is -0.135. The van der Waals surface area contributed by atoms with E-state index in [-0.39, 0.29) is 5.91 Å². The molecule has 0 fully saturated rings. The Kier molecular flexibility index (Phi) is 4.29. The molecule has 0 saturated heterocycles. The Balaban J connectivity index is 2.69. The SMILES string of the molecule is CCC(C)(N)C(=O)N(C)Cc1ccc(C)cc1. The van der Waals surface area contributed by atoms with Gasteiger partial charge in [-0.3, -0.25) is 4.79 Å². The zero-order valence-electron chi connectivity index (χ0n) is 11.2. The molecule has 1 rings (SSSR count). The molecule has 17 heavy (non-hydrogen) atoms. The third-order valence-electron chi connectivity index (χ3n) is 3.11. The maximum absolute atomic E-state index is 12.1. The number of hydrogen-bond acceptors (Lipinski definition) is 2. The Morgan fingerprint density at radius 2 is 1.88 bits per heavy atom. The molecular formula is C14H22N2O. The van der Waals surface area contributed by atoms with Crippen LogP contribution >= 0.6 is 0 Å². The van der Waals surface area contributed by atoms with Crippen LogP contribution in [0.2, 0.25) is 0 Å². The van der Waals surface area contributed by atoms with Gasteiger partial charge in [0.1, 0.15) is 0 Å². The summed E-state index contributed by atoms with van der Waals surface area (Å²) in [5, 5.41) is 0. The minimum atomic E-state index is -0.764. The van der Waals surface area contributed by atoms with E-state index in [1.54, 1.807) is 18.9 Å². The minimum Gasteiger partial charge on any atom is -0.340 e. The van der Waals surface area contributed by atoms with Gasteiger partial charge in [-0.15, -0.1) is 0 Å². The Bertz CT molecular complexity index is 382. The Hall–Kier alpha value is -1.35. The smallest absolute Gasteiger partial charge is 0.242 e. The molecule has 2 N–H and O–H groups in total. The van der Waals surface area contributed by atoms with Gasteiger partial charge in [-0.1, -0.05) is 36.8 Å². The van der Waals surface area contributed by atoms with Gasteiger partial charge in [0.25, 0.3) is 0 Å². The molecule has 0 aliphatic heterocycles. The predicted molar refractivity (Wildman–Crippen MR) is 70.5 cm³/mol. The first-order chi connectivity index (χ1) is 7.86. The van der Waals surface area contributed by atoms with Crippen molar-refractivity contribution in [3.8, 4) is 0 Å². The van der Waals surface area contributed by atoms with Crippen molar-refractivity contribution in [1.82, 2.24) is 4.90 Å². The van der Waals surface area contributed by atoms with Crippen molar-refractivity contribution in [3.63, 3.8) is 0 Å². The lowest BCUT2D eigenvalue weighted by Gasteiger charge is -2.28. The molecule has 0 aliphatic rings. The number of benzene rings is 1. The maximum Gasteiger partial charge on any atom is 0.242 e. The summed E-state index contributed by atoms with van der Waals surface area (Å²) < 4.78 is 0. The Morgan fingerprint density at radius 3 is 2.35 bits per heavy atom. The van der Waals surface area contributed by atoms with Gasteiger partial charge in [0.05, 0.1) is 5.54 Å². The molecule has 1 amide bonds. The number of hydrogen-bond donors (Lipinski definition) is 1. The maximum atomic E-state index is 12.1. The average Bonchev–Trinajstić information content (AvgIpc) is 2.31. The second kappa shape index (κ2) is 5.32. The summed E-state index contributed by atoms with van der Waals surface area (Å²) in [6.45, 7) is 6.36. The van der Waals surface area contributed by atoms with Crippen LogP contribution in [-0.4, -0.2) is 23.4 Å². The van der Waals surface area contributed by atoms with Gasteiger partial charge in [-0.2, -0.15) is 0 Å². The summed E-state index contributed by atoms with van der Waals surface area (Å²) in [5.41, 5.74) is 7.53. The van der Waals surface area contributed by atoms with Crippen LogP contribution in [0.1, 0.15) is 31.4 Å². The van der Waals surface area contributed by atoms with Crippen LogP contribution < -0.4 is 5.73 Å². The molecule has 1 unspecified atom stereocenters. The first-order valence-corrected chi connectivity index (χ1v) is 5.97. The molecule has 1 aromatic rings. The lowest BCUT2D eigenvalue weighted by atomic mass is 9.98. The molecule has 0 bridgehead atoms. The van der Waals surface area contributed by atoms with Gasteiger partial charge in [0, 0.05) is 13.6 Å². The van der Waals surface area contributed by atoms with Gasteiger partial charge in [0.15, 0.2) is 0 Å². The molecule has 0 aromatic heterocycles.